The highest BCUT2D eigenvalue weighted by atomic mass is 19.1. The molecule has 1 aliphatic rings. The molecule has 0 radical (unpaired) electrons. The van der Waals surface area contributed by atoms with Crippen LogP contribution >= 0.6 is 0 Å². The van der Waals surface area contributed by atoms with Crippen LogP contribution in [0.15, 0.2) is 18.2 Å². The average Bonchev–Trinajstić information content (AvgIpc) is 2.47. The van der Waals surface area contributed by atoms with Crippen LogP contribution in [-0.2, 0) is 11.2 Å². The lowest BCUT2D eigenvalue weighted by molar-refractivity contribution is -0.0234. The normalized spacial score (nSPS) is 18.7. The van der Waals surface area contributed by atoms with Crippen LogP contribution in [0, 0.1) is 11.6 Å². The number of nitrogens with zero attached hydrogens (tertiary/aromatic N) is 1. The molecule has 21 heavy (non-hydrogen) atoms. The van der Waals surface area contributed by atoms with E-state index in [-0.39, 0.29) is 23.6 Å². The van der Waals surface area contributed by atoms with Crippen molar-refractivity contribution in [1.82, 2.24) is 10.3 Å². The Labute approximate surface area is 124 Å². The van der Waals surface area contributed by atoms with Crippen molar-refractivity contribution < 1.29 is 13.5 Å². The summed E-state index contributed by atoms with van der Waals surface area (Å²) >= 11 is 0. The van der Waals surface area contributed by atoms with Crippen LogP contribution in [0.3, 0.4) is 0 Å². The first-order valence-electron chi connectivity index (χ1n) is 7.18. The van der Waals surface area contributed by atoms with Gasteiger partial charge in [0.1, 0.15) is 11.6 Å². The number of hydrogen-bond acceptors (Lipinski definition) is 4. The molecule has 0 aromatic heterocycles. The molecule has 0 amide bonds. The number of rotatable bonds is 5. The smallest absolute Gasteiger partial charge is 0.129 e. The van der Waals surface area contributed by atoms with Gasteiger partial charge < -0.3 is 4.74 Å². The van der Waals surface area contributed by atoms with Gasteiger partial charge in [-0.2, -0.15) is 0 Å². The predicted molar refractivity (Wildman–Crippen MR) is 77.6 cm³/mol. The van der Waals surface area contributed by atoms with Crippen LogP contribution in [-0.4, -0.2) is 42.8 Å². The Kier molecular flexibility index (Phi) is 5.27. The molecule has 1 unspecified atom stereocenters. The van der Waals surface area contributed by atoms with E-state index < -0.39 is 11.6 Å². The quantitative estimate of drug-likeness (QED) is 0.638. The van der Waals surface area contributed by atoms with Crippen molar-refractivity contribution in [2.45, 2.75) is 31.8 Å². The van der Waals surface area contributed by atoms with Gasteiger partial charge in [0.05, 0.1) is 13.2 Å². The number of hydrogen-bond donors (Lipinski definition) is 2. The summed E-state index contributed by atoms with van der Waals surface area (Å²) in [4.78, 5) is 2.24. The van der Waals surface area contributed by atoms with Gasteiger partial charge in [-0.05, 0) is 32.4 Å². The number of nitrogens with one attached hydrogen (secondary N) is 1. The van der Waals surface area contributed by atoms with Gasteiger partial charge in [0.2, 0.25) is 0 Å². The van der Waals surface area contributed by atoms with Crippen molar-refractivity contribution in [2.75, 3.05) is 26.3 Å². The Balaban J connectivity index is 2.18. The summed E-state index contributed by atoms with van der Waals surface area (Å²) < 4.78 is 33.0. The van der Waals surface area contributed by atoms with Gasteiger partial charge in [-0.15, -0.1) is 0 Å². The second-order valence-corrected chi connectivity index (χ2v) is 5.88. The van der Waals surface area contributed by atoms with E-state index >= 15 is 0 Å². The molecule has 2 rings (SSSR count). The Hall–Kier alpha value is -1.08. The molecule has 0 bridgehead atoms. The van der Waals surface area contributed by atoms with Gasteiger partial charge in [-0.3, -0.25) is 16.2 Å². The third-order valence-electron chi connectivity index (χ3n) is 4.35. The van der Waals surface area contributed by atoms with Crippen LogP contribution < -0.4 is 11.3 Å². The van der Waals surface area contributed by atoms with Gasteiger partial charge in [0.15, 0.2) is 0 Å². The minimum Gasteiger partial charge on any atom is -0.379 e. The third kappa shape index (κ3) is 3.58. The number of hydrazine groups is 1. The zero-order valence-electron chi connectivity index (χ0n) is 12.5. The molecule has 0 aliphatic carbocycles. The highest BCUT2D eigenvalue weighted by Crippen LogP contribution is 2.24. The van der Waals surface area contributed by atoms with Gasteiger partial charge >= 0.3 is 0 Å². The predicted octanol–water partition coefficient (Wildman–Crippen LogP) is 1.45. The van der Waals surface area contributed by atoms with Gasteiger partial charge in [0.25, 0.3) is 0 Å². The second kappa shape index (κ2) is 6.79. The lowest BCUT2D eigenvalue weighted by Gasteiger charge is -2.45. The maximum atomic E-state index is 13.8. The Bertz CT molecular complexity index is 456. The number of halogens is 2. The molecular weight excluding hydrogens is 276 g/mol. The molecule has 1 saturated heterocycles. The molecule has 4 nitrogen and oxygen atoms in total. The van der Waals surface area contributed by atoms with Crippen molar-refractivity contribution in [1.29, 1.82) is 0 Å². The first kappa shape index (κ1) is 16.3. The number of ether oxygens (including phenoxy) is 1. The molecule has 1 fully saturated rings. The lowest BCUT2D eigenvalue weighted by atomic mass is 9.87. The van der Waals surface area contributed by atoms with E-state index in [1.807, 2.05) is 13.8 Å². The number of benzene rings is 1. The Morgan fingerprint density at radius 2 is 1.86 bits per heavy atom. The molecule has 0 saturated carbocycles. The van der Waals surface area contributed by atoms with Crippen molar-refractivity contribution >= 4 is 0 Å². The number of nitrogens with two attached hydrogens (primary N) is 1. The topological polar surface area (TPSA) is 50.5 Å². The van der Waals surface area contributed by atoms with Crippen LogP contribution in [0.2, 0.25) is 0 Å². The zero-order valence-corrected chi connectivity index (χ0v) is 12.5. The summed E-state index contributed by atoms with van der Waals surface area (Å²) in [7, 11) is 0. The van der Waals surface area contributed by atoms with Gasteiger partial charge in [-0.1, -0.05) is 6.07 Å². The number of morpholine rings is 1. The molecule has 1 heterocycles. The van der Waals surface area contributed by atoms with Crippen LogP contribution in [0.4, 0.5) is 8.78 Å². The molecular formula is C15H23F2N3O. The summed E-state index contributed by atoms with van der Waals surface area (Å²) in [6.07, 6.45) is 0.194. The van der Waals surface area contributed by atoms with Gasteiger partial charge in [0, 0.05) is 30.2 Å². The van der Waals surface area contributed by atoms with Crippen molar-refractivity contribution in [3.8, 4) is 0 Å². The van der Waals surface area contributed by atoms with Gasteiger partial charge in [-0.25, -0.2) is 8.78 Å². The van der Waals surface area contributed by atoms with E-state index in [1.54, 1.807) is 0 Å². The molecule has 0 spiro atoms. The molecule has 6 heteroatoms. The fraction of sp³-hybridized carbons (Fsp3) is 0.600. The molecule has 1 aliphatic heterocycles. The molecule has 3 N–H and O–H groups in total. The minimum atomic E-state index is -0.534. The largest absolute Gasteiger partial charge is 0.379 e. The second-order valence-electron chi connectivity index (χ2n) is 5.88. The first-order valence-corrected chi connectivity index (χ1v) is 7.18. The van der Waals surface area contributed by atoms with Crippen molar-refractivity contribution in [3.63, 3.8) is 0 Å². The van der Waals surface area contributed by atoms with Crippen molar-refractivity contribution in [2.24, 2.45) is 5.84 Å². The van der Waals surface area contributed by atoms with E-state index in [0.717, 1.165) is 13.1 Å². The molecule has 118 valence electrons. The molecule has 1 aromatic carbocycles. The molecule has 1 atom stereocenters. The van der Waals surface area contributed by atoms with Crippen molar-refractivity contribution in [3.05, 3.63) is 35.4 Å². The maximum Gasteiger partial charge on any atom is 0.129 e. The van der Waals surface area contributed by atoms with E-state index in [4.69, 9.17) is 10.6 Å². The summed E-state index contributed by atoms with van der Waals surface area (Å²) in [6, 6.07) is 3.63. The highest BCUT2D eigenvalue weighted by Gasteiger charge is 2.36. The van der Waals surface area contributed by atoms with Crippen LogP contribution in [0.1, 0.15) is 19.4 Å². The maximum absolute atomic E-state index is 13.8. The average molecular weight is 299 g/mol. The van der Waals surface area contributed by atoms with Crippen LogP contribution in [0.5, 0.6) is 0 Å². The van der Waals surface area contributed by atoms with E-state index in [0.29, 0.717) is 13.2 Å². The highest BCUT2D eigenvalue weighted by molar-refractivity contribution is 5.21. The first-order chi connectivity index (χ1) is 9.96. The van der Waals surface area contributed by atoms with E-state index in [1.165, 1.54) is 18.2 Å². The minimum absolute atomic E-state index is 0.0711. The third-order valence-corrected chi connectivity index (χ3v) is 4.35. The van der Waals surface area contributed by atoms with E-state index in [9.17, 15) is 8.78 Å². The molecule has 1 aromatic rings. The van der Waals surface area contributed by atoms with Crippen LogP contribution in [0.25, 0.3) is 0 Å². The SMILES string of the molecule is CC(C)(C(Cc1c(F)cccc1F)NN)N1CCOCC1. The summed E-state index contributed by atoms with van der Waals surface area (Å²) in [5, 5.41) is 0. The monoisotopic (exact) mass is 299 g/mol. The standard InChI is InChI=1S/C15H23F2N3O/c1-15(2,20-6-8-21-9-7-20)14(19-18)10-11-12(16)4-3-5-13(11)17/h3-5,14,19H,6-10,18H2,1-2H3. The summed E-state index contributed by atoms with van der Waals surface area (Å²) in [5.41, 5.74) is 2.46. The fourth-order valence-electron chi connectivity index (χ4n) is 2.80. The summed E-state index contributed by atoms with van der Waals surface area (Å²) in [6.45, 7) is 6.95. The Morgan fingerprint density at radius 3 is 2.38 bits per heavy atom. The Morgan fingerprint density at radius 1 is 1.29 bits per heavy atom. The van der Waals surface area contributed by atoms with E-state index in [2.05, 4.69) is 10.3 Å². The summed E-state index contributed by atoms with van der Waals surface area (Å²) in [5.74, 6) is 4.59. The zero-order chi connectivity index (χ0) is 15.5. The lowest BCUT2D eigenvalue weighted by Crippen LogP contribution is -2.62. The fourth-order valence-corrected chi connectivity index (χ4v) is 2.80.